The molecular formula is C21H29N3O6. The van der Waals surface area contributed by atoms with Gasteiger partial charge in [0.1, 0.15) is 6.04 Å². The molecule has 164 valence electrons. The lowest BCUT2D eigenvalue weighted by Crippen LogP contribution is -2.48. The van der Waals surface area contributed by atoms with Crippen LogP contribution < -0.4 is 20.1 Å². The van der Waals surface area contributed by atoms with Crippen molar-refractivity contribution in [2.75, 3.05) is 33.9 Å². The first-order valence-electron chi connectivity index (χ1n) is 9.97. The van der Waals surface area contributed by atoms with Crippen molar-refractivity contribution < 1.29 is 28.7 Å². The molecule has 0 aliphatic carbocycles. The summed E-state index contributed by atoms with van der Waals surface area (Å²) in [5, 5.41) is 5.16. The highest BCUT2D eigenvalue weighted by Crippen LogP contribution is 2.28. The van der Waals surface area contributed by atoms with Crippen molar-refractivity contribution >= 4 is 23.5 Å². The lowest BCUT2D eigenvalue weighted by atomic mass is 10.1. The van der Waals surface area contributed by atoms with Gasteiger partial charge in [0.15, 0.2) is 17.3 Å². The van der Waals surface area contributed by atoms with E-state index >= 15 is 0 Å². The molecule has 9 nitrogen and oxygen atoms in total. The van der Waals surface area contributed by atoms with Gasteiger partial charge in [0.05, 0.1) is 20.3 Å². The zero-order valence-electron chi connectivity index (χ0n) is 17.7. The molecule has 1 aromatic rings. The van der Waals surface area contributed by atoms with Crippen molar-refractivity contribution in [3.8, 4) is 11.5 Å². The first-order valence-corrected chi connectivity index (χ1v) is 9.97. The summed E-state index contributed by atoms with van der Waals surface area (Å²) in [5.41, 5.74) is 0.528. The Kier molecular flexibility index (Phi) is 8.64. The van der Waals surface area contributed by atoms with Crippen LogP contribution in [0.25, 0.3) is 0 Å². The van der Waals surface area contributed by atoms with E-state index in [9.17, 15) is 19.2 Å². The van der Waals surface area contributed by atoms with Gasteiger partial charge in [0, 0.05) is 25.6 Å². The lowest BCUT2D eigenvalue weighted by molar-refractivity contribution is -0.138. The van der Waals surface area contributed by atoms with Crippen LogP contribution in [0, 0.1) is 0 Å². The molecule has 2 N–H and O–H groups in total. The van der Waals surface area contributed by atoms with Gasteiger partial charge in [-0.05, 0) is 44.4 Å². The minimum absolute atomic E-state index is 0.0679. The Morgan fingerprint density at radius 3 is 2.63 bits per heavy atom. The van der Waals surface area contributed by atoms with E-state index in [1.165, 1.54) is 18.9 Å². The molecule has 1 atom stereocenters. The fraction of sp³-hybridized carbons (Fsp3) is 0.524. The van der Waals surface area contributed by atoms with Crippen LogP contribution in [-0.2, 0) is 14.4 Å². The van der Waals surface area contributed by atoms with Crippen LogP contribution in [0.15, 0.2) is 18.2 Å². The summed E-state index contributed by atoms with van der Waals surface area (Å²) in [4.78, 5) is 49.1. The molecule has 0 aromatic heterocycles. The number of hydrogen-bond donors (Lipinski definition) is 2. The third-order valence-corrected chi connectivity index (χ3v) is 4.93. The second kappa shape index (κ2) is 11.2. The zero-order chi connectivity index (χ0) is 22.1. The molecule has 0 radical (unpaired) electrons. The molecule has 1 aliphatic rings. The third-order valence-electron chi connectivity index (χ3n) is 4.93. The highest BCUT2D eigenvalue weighted by Gasteiger charge is 2.33. The SMILES string of the molecule is CNC(=O)C1CCCN1C(=O)CNC(=O)CCCOc1ccc(C(C)=O)cc1OC. The minimum atomic E-state index is -0.461. The maximum Gasteiger partial charge on any atom is 0.242 e. The highest BCUT2D eigenvalue weighted by atomic mass is 16.5. The smallest absolute Gasteiger partial charge is 0.242 e. The van der Waals surface area contributed by atoms with Crippen LogP contribution in [0.5, 0.6) is 11.5 Å². The number of nitrogens with zero attached hydrogens (tertiary/aromatic N) is 1. The maximum atomic E-state index is 12.3. The third kappa shape index (κ3) is 6.20. The maximum absolute atomic E-state index is 12.3. The molecule has 1 saturated heterocycles. The average molecular weight is 419 g/mol. The summed E-state index contributed by atoms with van der Waals surface area (Å²) in [6, 6.07) is 4.47. The lowest BCUT2D eigenvalue weighted by Gasteiger charge is -2.23. The first-order chi connectivity index (χ1) is 14.4. The van der Waals surface area contributed by atoms with Crippen molar-refractivity contribution in [2.24, 2.45) is 0 Å². The summed E-state index contributed by atoms with van der Waals surface area (Å²) < 4.78 is 10.9. The summed E-state index contributed by atoms with van der Waals surface area (Å²) >= 11 is 0. The number of ether oxygens (including phenoxy) is 2. The van der Waals surface area contributed by atoms with E-state index in [0.717, 1.165) is 6.42 Å². The predicted molar refractivity (Wildman–Crippen MR) is 110 cm³/mol. The molecule has 9 heteroatoms. The Hall–Kier alpha value is -3.10. The molecular weight excluding hydrogens is 390 g/mol. The molecule has 1 heterocycles. The Morgan fingerprint density at radius 1 is 1.20 bits per heavy atom. The van der Waals surface area contributed by atoms with Gasteiger partial charge in [-0.15, -0.1) is 0 Å². The number of nitrogens with one attached hydrogen (secondary N) is 2. The van der Waals surface area contributed by atoms with Crippen molar-refractivity contribution in [1.29, 1.82) is 0 Å². The molecule has 0 spiro atoms. The number of benzene rings is 1. The molecule has 1 fully saturated rings. The number of carbonyl (C=O) groups is 4. The van der Waals surface area contributed by atoms with Crippen molar-refractivity contribution in [3.05, 3.63) is 23.8 Å². The Labute approximate surface area is 176 Å². The fourth-order valence-electron chi connectivity index (χ4n) is 3.29. The zero-order valence-corrected chi connectivity index (χ0v) is 17.7. The summed E-state index contributed by atoms with van der Waals surface area (Å²) in [6.45, 7) is 2.14. The topological polar surface area (TPSA) is 114 Å². The van der Waals surface area contributed by atoms with Gasteiger partial charge in [0.25, 0.3) is 0 Å². The van der Waals surface area contributed by atoms with Crippen molar-refractivity contribution in [2.45, 2.75) is 38.6 Å². The van der Waals surface area contributed by atoms with E-state index in [1.807, 2.05) is 0 Å². The monoisotopic (exact) mass is 419 g/mol. The fourth-order valence-corrected chi connectivity index (χ4v) is 3.29. The highest BCUT2D eigenvalue weighted by molar-refractivity contribution is 5.94. The summed E-state index contributed by atoms with van der Waals surface area (Å²) in [7, 11) is 3.03. The van der Waals surface area contributed by atoms with Gasteiger partial charge in [-0.1, -0.05) is 0 Å². The van der Waals surface area contributed by atoms with Gasteiger partial charge in [-0.25, -0.2) is 0 Å². The Bertz CT molecular complexity index is 795. The number of likely N-dealkylation sites (N-methyl/N-ethyl adjacent to an activating group) is 1. The second-order valence-electron chi connectivity index (χ2n) is 7.01. The molecule has 0 saturated carbocycles. The van der Waals surface area contributed by atoms with Gasteiger partial charge in [-0.3, -0.25) is 19.2 Å². The molecule has 2 rings (SSSR count). The number of likely N-dealkylation sites (tertiary alicyclic amines) is 1. The van der Waals surface area contributed by atoms with E-state index < -0.39 is 6.04 Å². The van der Waals surface area contributed by atoms with Crippen molar-refractivity contribution in [1.82, 2.24) is 15.5 Å². The van der Waals surface area contributed by atoms with Gasteiger partial charge < -0.3 is 25.0 Å². The Morgan fingerprint density at radius 2 is 1.97 bits per heavy atom. The molecule has 1 aromatic carbocycles. The number of hydrogen-bond acceptors (Lipinski definition) is 6. The molecule has 0 bridgehead atoms. The number of ketones is 1. The van der Waals surface area contributed by atoms with E-state index in [0.29, 0.717) is 36.4 Å². The van der Waals surface area contributed by atoms with E-state index in [4.69, 9.17) is 9.47 Å². The minimum Gasteiger partial charge on any atom is -0.493 e. The Balaban J connectivity index is 1.72. The van der Waals surface area contributed by atoms with Crippen LogP contribution in [0.2, 0.25) is 0 Å². The summed E-state index contributed by atoms with van der Waals surface area (Å²) in [5.74, 6) is 0.168. The first kappa shape index (κ1) is 23.2. The largest absolute Gasteiger partial charge is 0.493 e. The van der Waals surface area contributed by atoms with Gasteiger partial charge in [-0.2, -0.15) is 0 Å². The number of amides is 3. The molecule has 1 aliphatic heterocycles. The quantitative estimate of drug-likeness (QED) is 0.430. The second-order valence-corrected chi connectivity index (χ2v) is 7.01. The van der Waals surface area contributed by atoms with Crippen molar-refractivity contribution in [3.63, 3.8) is 0 Å². The standard InChI is InChI=1S/C21H29N3O6/c1-14(25)15-8-9-17(18(12-15)29-3)30-11-5-7-19(26)23-13-20(27)24-10-4-6-16(24)21(28)22-2/h8-9,12,16H,4-7,10-11,13H2,1-3H3,(H,22,28)(H,23,26). The normalized spacial score (nSPS) is 15.4. The number of Topliss-reactive ketones (excluding diaryl/α,β-unsaturated/α-hetero) is 1. The van der Waals surface area contributed by atoms with Crippen LogP contribution in [-0.4, -0.2) is 68.3 Å². The van der Waals surface area contributed by atoms with E-state index in [1.54, 1.807) is 25.2 Å². The molecule has 30 heavy (non-hydrogen) atoms. The van der Waals surface area contributed by atoms with Crippen LogP contribution in [0.1, 0.15) is 43.0 Å². The van der Waals surface area contributed by atoms with E-state index in [-0.39, 0.29) is 43.1 Å². The summed E-state index contributed by atoms with van der Waals surface area (Å²) in [6.07, 6.45) is 2.04. The molecule has 1 unspecified atom stereocenters. The van der Waals surface area contributed by atoms with Crippen LogP contribution in [0.3, 0.4) is 0 Å². The van der Waals surface area contributed by atoms with Gasteiger partial charge >= 0.3 is 0 Å². The predicted octanol–water partition coefficient (Wildman–Crippen LogP) is 0.910. The van der Waals surface area contributed by atoms with Crippen LogP contribution in [0.4, 0.5) is 0 Å². The average Bonchev–Trinajstić information content (AvgIpc) is 3.24. The molecule has 3 amide bonds. The van der Waals surface area contributed by atoms with E-state index in [2.05, 4.69) is 10.6 Å². The van der Waals surface area contributed by atoms with Gasteiger partial charge in [0.2, 0.25) is 17.7 Å². The number of carbonyl (C=O) groups excluding carboxylic acids is 4. The van der Waals surface area contributed by atoms with Crippen LogP contribution >= 0.6 is 0 Å². The number of rotatable bonds is 10. The number of methoxy groups -OCH3 is 1.